The van der Waals surface area contributed by atoms with Crippen LogP contribution in [0.2, 0.25) is 5.02 Å². The van der Waals surface area contributed by atoms with E-state index in [0.717, 1.165) is 11.4 Å². The highest BCUT2D eigenvalue weighted by Crippen LogP contribution is 2.36. The van der Waals surface area contributed by atoms with Crippen LogP contribution in [0.15, 0.2) is 52.8 Å². The Balaban J connectivity index is 0.00000176. The van der Waals surface area contributed by atoms with Gasteiger partial charge in [0.15, 0.2) is 0 Å². The molecule has 3 aromatic rings. The Bertz CT molecular complexity index is 729. The Hall–Kier alpha value is -0.810. The zero-order valence-electron chi connectivity index (χ0n) is 12.2. The predicted molar refractivity (Wildman–Crippen MR) is 100 cm³/mol. The van der Waals surface area contributed by atoms with E-state index in [0.29, 0.717) is 0 Å². The van der Waals surface area contributed by atoms with Gasteiger partial charge in [-0.05, 0) is 30.2 Å². The number of benzene rings is 1. The van der Waals surface area contributed by atoms with Gasteiger partial charge in [-0.1, -0.05) is 23.7 Å². The fraction of sp³-hybridized carbons (Fsp3) is 0.188. The summed E-state index contributed by atoms with van der Waals surface area (Å²) < 4.78 is 2.23. The monoisotopic (exact) mass is 370 g/mol. The standard InChI is InChI=1S/C16H15ClN2S2.ClH/c1-20-15-13(9-11-3-5-12(17)6-4-11)16(21-2)19-8-7-18-10-14(15)19;/h3-8,10H,9H2,1-2H3;1H. The Morgan fingerprint density at radius 2 is 1.86 bits per heavy atom. The van der Waals surface area contributed by atoms with Crippen molar-refractivity contribution in [3.05, 3.63) is 59.0 Å². The molecule has 0 saturated heterocycles. The number of fused-ring (bicyclic) bond motifs is 1. The fourth-order valence-electron chi connectivity index (χ4n) is 2.52. The number of rotatable bonds is 4. The first-order valence-electron chi connectivity index (χ1n) is 6.54. The molecule has 22 heavy (non-hydrogen) atoms. The van der Waals surface area contributed by atoms with E-state index in [1.54, 1.807) is 23.5 Å². The maximum atomic E-state index is 5.98. The second kappa shape index (κ2) is 7.64. The summed E-state index contributed by atoms with van der Waals surface area (Å²) in [6, 6.07) is 8.09. The number of thioether (sulfide) groups is 2. The van der Waals surface area contributed by atoms with Crippen LogP contribution in [-0.2, 0) is 6.42 Å². The van der Waals surface area contributed by atoms with Crippen LogP contribution < -0.4 is 0 Å². The van der Waals surface area contributed by atoms with Crippen molar-refractivity contribution in [2.24, 2.45) is 0 Å². The maximum absolute atomic E-state index is 5.98. The molecule has 0 spiro atoms. The molecule has 0 atom stereocenters. The van der Waals surface area contributed by atoms with E-state index in [1.165, 1.54) is 26.6 Å². The van der Waals surface area contributed by atoms with Gasteiger partial charge in [-0.25, -0.2) is 0 Å². The first-order valence-corrected chi connectivity index (χ1v) is 9.36. The number of hydrogen-bond acceptors (Lipinski definition) is 3. The highest BCUT2D eigenvalue weighted by atomic mass is 35.5. The summed E-state index contributed by atoms with van der Waals surface area (Å²) in [7, 11) is 0. The molecule has 6 heteroatoms. The molecule has 0 unspecified atom stereocenters. The van der Waals surface area contributed by atoms with Crippen molar-refractivity contribution in [1.82, 2.24) is 9.38 Å². The summed E-state index contributed by atoms with van der Waals surface area (Å²) in [6.07, 6.45) is 11.0. The number of hydrogen-bond donors (Lipinski definition) is 0. The number of halogens is 2. The Morgan fingerprint density at radius 1 is 1.14 bits per heavy atom. The minimum Gasteiger partial charge on any atom is -0.307 e. The third kappa shape index (κ3) is 3.25. The average Bonchev–Trinajstić information content (AvgIpc) is 2.82. The van der Waals surface area contributed by atoms with Crippen LogP contribution in [0.3, 0.4) is 0 Å². The summed E-state index contributed by atoms with van der Waals surface area (Å²) >= 11 is 9.54. The smallest absolute Gasteiger partial charge is 0.0840 e. The van der Waals surface area contributed by atoms with E-state index >= 15 is 0 Å². The minimum absolute atomic E-state index is 0. The largest absolute Gasteiger partial charge is 0.307 e. The molecule has 0 amide bonds. The lowest BCUT2D eigenvalue weighted by atomic mass is 10.1. The molecule has 2 nitrogen and oxygen atoms in total. The molecule has 2 heterocycles. The highest BCUT2D eigenvalue weighted by Gasteiger charge is 2.17. The molecule has 0 saturated carbocycles. The predicted octanol–water partition coefficient (Wildman–Crippen LogP) is 5.44. The lowest BCUT2D eigenvalue weighted by Gasteiger charge is -2.05. The Morgan fingerprint density at radius 3 is 2.50 bits per heavy atom. The minimum atomic E-state index is 0. The van der Waals surface area contributed by atoms with Gasteiger partial charge in [-0.2, -0.15) is 0 Å². The third-order valence-electron chi connectivity index (χ3n) is 3.43. The van der Waals surface area contributed by atoms with Crippen molar-refractivity contribution < 1.29 is 0 Å². The molecule has 0 aliphatic carbocycles. The van der Waals surface area contributed by atoms with Crippen LogP contribution in [0.4, 0.5) is 0 Å². The third-order valence-corrected chi connectivity index (χ3v) is 5.38. The van der Waals surface area contributed by atoms with Gasteiger partial charge in [-0.3, -0.25) is 4.98 Å². The molecule has 0 radical (unpaired) electrons. The summed E-state index contributed by atoms with van der Waals surface area (Å²) in [5.74, 6) is 0. The van der Waals surface area contributed by atoms with Gasteiger partial charge in [0.05, 0.1) is 16.7 Å². The molecule has 0 N–H and O–H groups in total. The molecule has 0 aliphatic heterocycles. The van der Waals surface area contributed by atoms with Crippen molar-refractivity contribution in [3.8, 4) is 0 Å². The summed E-state index contributed by atoms with van der Waals surface area (Å²) in [5, 5.41) is 2.06. The second-order valence-electron chi connectivity index (χ2n) is 4.66. The van der Waals surface area contributed by atoms with Crippen molar-refractivity contribution in [2.45, 2.75) is 16.3 Å². The first-order chi connectivity index (χ1) is 10.2. The molecular formula is C16H16Cl2N2S2. The van der Waals surface area contributed by atoms with Gasteiger partial charge in [0.1, 0.15) is 0 Å². The fourth-order valence-corrected chi connectivity index (χ4v) is 4.26. The molecule has 3 rings (SSSR count). The van der Waals surface area contributed by atoms with E-state index in [2.05, 4.69) is 34.0 Å². The van der Waals surface area contributed by atoms with Crippen LogP contribution in [0.5, 0.6) is 0 Å². The van der Waals surface area contributed by atoms with Gasteiger partial charge < -0.3 is 4.40 Å². The quantitative estimate of drug-likeness (QED) is 0.568. The number of nitrogens with zero attached hydrogens (tertiary/aromatic N) is 2. The number of aromatic nitrogens is 2. The highest BCUT2D eigenvalue weighted by molar-refractivity contribution is 7.99. The van der Waals surface area contributed by atoms with E-state index in [-0.39, 0.29) is 12.4 Å². The summed E-state index contributed by atoms with van der Waals surface area (Å²) in [6.45, 7) is 0. The maximum Gasteiger partial charge on any atom is 0.0840 e. The first kappa shape index (κ1) is 17.5. The van der Waals surface area contributed by atoms with Crippen molar-refractivity contribution in [3.63, 3.8) is 0 Å². The van der Waals surface area contributed by atoms with E-state index < -0.39 is 0 Å². The topological polar surface area (TPSA) is 17.3 Å². The van der Waals surface area contributed by atoms with Crippen molar-refractivity contribution in [1.29, 1.82) is 0 Å². The molecule has 1 aromatic carbocycles. The molecular weight excluding hydrogens is 355 g/mol. The van der Waals surface area contributed by atoms with Crippen LogP contribution in [0.25, 0.3) is 5.52 Å². The second-order valence-corrected chi connectivity index (χ2v) is 6.70. The summed E-state index contributed by atoms with van der Waals surface area (Å²) in [4.78, 5) is 5.58. The SMILES string of the molecule is CSc1c(Cc2ccc(Cl)cc2)c(SC)n2ccncc12.Cl. The van der Waals surface area contributed by atoms with Gasteiger partial charge in [0.2, 0.25) is 0 Å². The van der Waals surface area contributed by atoms with Crippen LogP contribution in [0, 0.1) is 0 Å². The Kier molecular flexibility index (Phi) is 6.09. The zero-order chi connectivity index (χ0) is 14.8. The van der Waals surface area contributed by atoms with Crippen molar-refractivity contribution in [2.75, 3.05) is 12.5 Å². The van der Waals surface area contributed by atoms with E-state index in [1.807, 2.05) is 30.7 Å². The van der Waals surface area contributed by atoms with Gasteiger partial charge >= 0.3 is 0 Å². The van der Waals surface area contributed by atoms with E-state index in [4.69, 9.17) is 11.6 Å². The lowest BCUT2D eigenvalue weighted by molar-refractivity contribution is 0.981. The van der Waals surface area contributed by atoms with Gasteiger partial charge in [-0.15, -0.1) is 35.9 Å². The Labute approximate surface area is 150 Å². The molecule has 0 bridgehead atoms. The van der Waals surface area contributed by atoms with Crippen molar-refractivity contribution >= 4 is 53.0 Å². The molecule has 116 valence electrons. The lowest BCUT2D eigenvalue weighted by Crippen LogP contribution is -1.91. The van der Waals surface area contributed by atoms with Crippen LogP contribution in [-0.4, -0.2) is 21.9 Å². The summed E-state index contributed by atoms with van der Waals surface area (Å²) in [5.41, 5.74) is 3.82. The van der Waals surface area contributed by atoms with E-state index in [9.17, 15) is 0 Å². The average molecular weight is 371 g/mol. The molecule has 2 aromatic heterocycles. The van der Waals surface area contributed by atoms with Gasteiger partial charge in [0, 0.05) is 34.3 Å². The van der Waals surface area contributed by atoms with Crippen LogP contribution in [0.1, 0.15) is 11.1 Å². The normalized spacial score (nSPS) is 10.7. The van der Waals surface area contributed by atoms with Crippen LogP contribution >= 0.6 is 47.5 Å². The molecule has 0 fully saturated rings. The zero-order valence-corrected chi connectivity index (χ0v) is 15.5. The van der Waals surface area contributed by atoms with Gasteiger partial charge in [0.25, 0.3) is 0 Å². The molecule has 0 aliphatic rings.